The number of piperazine rings is 1. The third-order valence-corrected chi connectivity index (χ3v) is 4.51. The number of fused-ring (bicyclic) bond motifs is 1. The summed E-state index contributed by atoms with van der Waals surface area (Å²) in [7, 11) is 0. The number of rotatable bonds is 2. The topological polar surface area (TPSA) is 66.7 Å². The first kappa shape index (κ1) is 14.0. The van der Waals surface area contributed by atoms with Gasteiger partial charge in [0.1, 0.15) is 0 Å². The fourth-order valence-electron chi connectivity index (χ4n) is 3.35. The smallest absolute Gasteiger partial charge is 0.272 e. The zero-order valence-electron chi connectivity index (χ0n) is 12.1. The molecule has 0 aromatic heterocycles. The number of carbonyl (C=O) groups excluding carboxylic acids is 1. The zero-order valence-corrected chi connectivity index (χ0v) is 12.1. The van der Waals surface area contributed by atoms with Crippen molar-refractivity contribution in [1.82, 2.24) is 9.80 Å². The third-order valence-electron chi connectivity index (χ3n) is 4.51. The number of benzene rings is 1. The molecule has 0 spiro atoms. The molecule has 3 rings (SSSR count). The number of nitrogens with zero attached hydrogens (tertiary/aromatic N) is 3. The fourth-order valence-corrected chi connectivity index (χ4v) is 3.35. The van der Waals surface area contributed by atoms with Gasteiger partial charge in [-0.2, -0.15) is 0 Å². The Balaban J connectivity index is 1.76. The van der Waals surface area contributed by atoms with E-state index < -0.39 is 4.92 Å². The van der Waals surface area contributed by atoms with Crippen molar-refractivity contribution in [3.05, 3.63) is 39.4 Å². The summed E-state index contributed by atoms with van der Waals surface area (Å²) < 4.78 is 0. The van der Waals surface area contributed by atoms with Crippen LogP contribution in [0.1, 0.15) is 28.8 Å². The molecule has 2 saturated heterocycles. The molecule has 0 bridgehead atoms. The number of amides is 1. The fraction of sp³-hybridized carbons (Fsp3) is 0.533. The second-order valence-electron chi connectivity index (χ2n) is 5.84. The van der Waals surface area contributed by atoms with E-state index in [2.05, 4.69) is 4.90 Å². The van der Waals surface area contributed by atoms with Gasteiger partial charge in [0.15, 0.2) is 0 Å². The second-order valence-corrected chi connectivity index (χ2v) is 5.84. The van der Waals surface area contributed by atoms with Crippen molar-refractivity contribution in [3.8, 4) is 0 Å². The van der Waals surface area contributed by atoms with E-state index in [0.717, 1.165) is 32.6 Å². The van der Waals surface area contributed by atoms with Crippen LogP contribution in [0.25, 0.3) is 0 Å². The van der Waals surface area contributed by atoms with E-state index in [9.17, 15) is 14.9 Å². The summed E-state index contributed by atoms with van der Waals surface area (Å²) in [5, 5.41) is 10.8. The van der Waals surface area contributed by atoms with Gasteiger partial charge in [-0.05, 0) is 38.4 Å². The molecule has 0 radical (unpaired) electrons. The van der Waals surface area contributed by atoms with E-state index in [4.69, 9.17) is 0 Å². The largest absolute Gasteiger partial charge is 0.336 e. The molecule has 6 heteroatoms. The lowest BCUT2D eigenvalue weighted by Crippen LogP contribution is -2.52. The molecule has 0 aliphatic carbocycles. The second kappa shape index (κ2) is 5.44. The van der Waals surface area contributed by atoms with Gasteiger partial charge in [0.2, 0.25) is 0 Å². The molecular formula is C15H19N3O3. The number of nitro benzene ring substituents is 1. The minimum Gasteiger partial charge on any atom is -0.336 e. The van der Waals surface area contributed by atoms with Gasteiger partial charge in [0.05, 0.1) is 4.92 Å². The summed E-state index contributed by atoms with van der Waals surface area (Å²) in [6.07, 6.45) is 2.37. The van der Waals surface area contributed by atoms with Gasteiger partial charge in [-0.3, -0.25) is 19.8 Å². The van der Waals surface area contributed by atoms with Crippen LogP contribution in [0.3, 0.4) is 0 Å². The van der Waals surface area contributed by atoms with Crippen LogP contribution in [0.2, 0.25) is 0 Å². The first-order valence-electron chi connectivity index (χ1n) is 7.34. The minimum atomic E-state index is -0.416. The van der Waals surface area contributed by atoms with Crippen molar-refractivity contribution < 1.29 is 9.72 Å². The van der Waals surface area contributed by atoms with Crippen LogP contribution in [-0.2, 0) is 0 Å². The van der Waals surface area contributed by atoms with Gasteiger partial charge in [0, 0.05) is 42.9 Å². The van der Waals surface area contributed by atoms with Crippen LogP contribution >= 0.6 is 0 Å². The SMILES string of the molecule is Cc1cc(C(=O)N2CCN3CCCC3C2)ccc1[N+](=O)[O-]. The molecule has 1 atom stereocenters. The van der Waals surface area contributed by atoms with Crippen LogP contribution in [0, 0.1) is 17.0 Å². The van der Waals surface area contributed by atoms with Crippen molar-refractivity contribution >= 4 is 11.6 Å². The summed E-state index contributed by atoms with van der Waals surface area (Å²) in [6, 6.07) is 5.10. The van der Waals surface area contributed by atoms with Crippen molar-refractivity contribution in [1.29, 1.82) is 0 Å². The van der Waals surface area contributed by atoms with Crippen LogP contribution in [0.4, 0.5) is 5.69 Å². The van der Waals surface area contributed by atoms with Gasteiger partial charge in [-0.15, -0.1) is 0 Å². The summed E-state index contributed by atoms with van der Waals surface area (Å²) in [6.45, 7) is 5.26. The van der Waals surface area contributed by atoms with Crippen LogP contribution in [-0.4, -0.2) is 52.9 Å². The summed E-state index contributed by atoms with van der Waals surface area (Å²) in [5.41, 5.74) is 1.14. The summed E-state index contributed by atoms with van der Waals surface area (Å²) in [4.78, 5) is 27.3. The molecule has 1 amide bonds. The van der Waals surface area contributed by atoms with E-state index in [-0.39, 0.29) is 11.6 Å². The maximum Gasteiger partial charge on any atom is 0.272 e. The molecule has 0 saturated carbocycles. The maximum atomic E-state index is 12.6. The molecule has 112 valence electrons. The monoisotopic (exact) mass is 289 g/mol. The molecule has 2 aliphatic rings. The predicted octanol–water partition coefficient (Wildman–Crippen LogP) is 1.82. The van der Waals surface area contributed by atoms with Gasteiger partial charge < -0.3 is 4.90 Å². The van der Waals surface area contributed by atoms with E-state index in [1.165, 1.54) is 12.5 Å². The standard InChI is InChI=1S/C15H19N3O3/c1-11-9-12(4-5-14(11)18(20)21)15(19)17-8-7-16-6-2-3-13(16)10-17/h4-5,9,13H,2-3,6-8,10H2,1H3. The van der Waals surface area contributed by atoms with E-state index in [0.29, 0.717) is 17.2 Å². The molecular weight excluding hydrogens is 270 g/mol. The number of carbonyl (C=O) groups is 1. The molecule has 1 aromatic carbocycles. The van der Waals surface area contributed by atoms with Crippen LogP contribution < -0.4 is 0 Å². The number of aryl methyl sites for hydroxylation is 1. The first-order valence-corrected chi connectivity index (χ1v) is 7.34. The Labute approximate surface area is 123 Å². The molecule has 6 nitrogen and oxygen atoms in total. The van der Waals surface area contributed by atoms with Crippen molar-refractivity contribution in [2.45, 2.75) is 25.8 Å². The highest BCUT2D eigenvalue weighted by Gasteiger charge is 2.32. The highest BCUT2D eigenvalue weighted by molar-refractivity contribution is 5.94. The number of nitro groups is 1. The van der Waals surface area contributed by atoms with Crippen LogP contribution in [0.15, 0.2) is 18.2 Å². The Bertz CT molecular complexity index is 588. The van der Waals surface area contributed by atoms with Crippen molar-refractivity contribution in [2.75, 3.05) is 26.2 Å². The van der Waals surface area contributed by atoms with E-state index in [1.54, 1.807) is 19.1 Å². The van der Waals surface area contributed by atoms with E-state index >= 15 is 0 Å². The zero-order chi connectivity index (χ0) is 15.0. The van der Waals surface area contributed by atoms with Crippen molar-refractivity contribution in [3.63, 3.8) is 0 Å². The van der Waals surface area contributed by atoms with Gasteiger partial charge in [-0.25, -0.2) is 0 Å². The average Bonchev–Trinajstić information content (AvgIpc) is 2.93. The van der Waals surface area contributed by atoms with Gasteiger partial charge in [-0.1, -0.05) is 0 Å². The molecule has 2 fully saturated rings. The summed E-state index contributed by atoms with van der Waals surface area (Å²) in [5.74, 6) is -0.0143. The first-order chi connectivity index (χ1) is 10.1. The third kappa shape index (κ3) is 2.63. The van der Waals surface area contributed by atoms with Crippen molar-refractivity contribution in [2.24, 2.45) is 0 Å². The molecule has 2 heterocycles. The highest BCUT2D eigenvalue weighted by atomic mass is 16.6. The Morgan fingerprint density at radius 1 is 1.33 bits per heavy atom. The Morgan fingerprint density at radius 2 is 2.14 bits per heavy atom. The number of hydrogen-bond donors (Lipinski definition) is 0. The summed E-state index contributed by atoms with van der Waals surface area (Å²) >= 11 is 0. The van der Waals surface area contributed by atoms with Gasteiger partial charge >= 0.3 is 0 Å². The minimum absolute atomic E-state index is 0.0143. The molecule has 21 heavy (non-hydrogen) atoms. The number of hydrogen-bond acceptors (Lipinski definition) is 4. The highest BCUT2D eigenvalue weighted by Crippen LogP contribution is 2.24. The Morgan fingerprint density at radius 3 is 2.86 bits per heavy atom. The van der Waals surface area contributed by atoms with Gasteiger partial charge in [0.25, 0.3) is 11.6 Å². The Kier molecular flexibility index (Phi) is 3.63. The lowest BCUT2D eigenvalue weighted by molar-refractivity contribution is -0.385. The van der Waals surface area contributed by atoms with Crippen LogP contribution in [0.5, 0.6) is 0 Å². The Hall–Kier alpha value is -1.95. The molecule has 0 N–H and O–H groups in total. The quantitative estimate of drug-likeness (QED) is 0.615. The lowest BCUT2D eigenvalue weighted by Gasteiger charge is -2.37. The molecule has 1 unspecified atom stereocenters. The lowest BCUT2D eigenvalue weighted by atomic mass is 10.1. The molecule has 2 aliphatic heterocycles. The van der Waals surface area contributed by atoms with E-state index in [1.807, 2.05) is 4.90 Å². The average molecular weight is 289 g/mol. The normalized spacial score (nSPS) is 22.1. The molecule has 1 aromatic rings. The predicted molar refractivity (Wildman–Crippen MR) is 78.3 cm³/mol. The maximum absolute atomic E-state index is 12.6.